The molecule has 2 aliphatic rings. The molecule has 1 aliphatic carbocycles. The largest absolute Gasteiger partial charge is 0.397 e. The van der Waals surface area contributed by atoms with Crippen molar-refractivity contribution in [2.24, 2.45) is 0 Å². The molecule has 18 heavy (non-hydrogen) atoms. The first kappa shape index (κ1) is 11.4. The first-order valence-corrected chi connectivity index (χ1v) is 6.56. The Kier molecular flexibility index (Phi) is 2.47. The second-order valence-corrected chi connectivity index (χ2v) is 5.68. The number of aryl methyl sites for hydroxylation is 1. The molecular weight excluding hydrogens is 226 g/mol. The van der Waals surface area contributed by atoms with Gasteiger partial charge in [-0.25, -0.2) is 0 Å². The summed E-state index contributed by atoms with van der Waals surface area (Å²) in [4.78, 5) is 11.3. The highest BCUT2D eigenvalue weighted by atomic mass is 16.1. The normalized spacial score (nSPS) is 20.6. The molecule has 0 saturated heterocycles. The predicted octanol–water partition coefficient (Wildman–Crippen LogP) is 2.51. The van der Waals surface area contributed by atoms with E-state index in [4.69, 9.17) is 5.73 Å². The number of fused-ring (bicyclic) bond motifs is 1. The highest BCUT2D eigenvalue weighted by Crippen LogP contribution is 2.38. The molecule has 1 aromatic rings. The average Bonchev–Trinajstić information content (AvgIpc) is 2.28. The van der Waals surface area contributed by atoms with E-state index in [9.17, 15) is 4.79 Å². The van der Waals surface area contributed by atoms with E-state index in [1.165, 1.54) is 24.8 Å². The van der Waals surface area contributed by atoms with Crippen molar-refractivity contribution in [3.63, 3.8) is 0 Å². The van der Waals surface area contributed by atoms with Crippen LogP contribution < -0.4 is 16.4 Å². The van der Waals surface area contributed by atoms with Gasteiger partial charge in [-0.15, -0.1) is 0 Å². The molecule has 0 bridgehead atoms. The van der Waals surface area contributed by atoms with E-state index in [1.54, 1.807) is 0 Å². The molecule has 4 heteroatoms. The maximum atomic E-state index is 11.3. The third kappa shape index (κ3) is 1.92. The quantitative estimate of drug-likeness (QED) is 0.701. The van der Waals surface area contributed by atoms with Gasteiger partial charge in [-0.05, 0) is 50.3 Å². The molecule has 1 aliphatic heterocycles. The summed E-state index contributed by atoms with van der Waals surface area (Å²) >= 11 is 0. The zero-order valence-electron chi connectivity index (χ0n) is 10.7. The average molecular weight is 245 g/mol. The number of nitrogens with one attached hydrogen (secondary N) is 2. The van der Waals surface area contributed by atoms with Gasteiger partial charge in [0.25, 0.3) is 0 Å². The summed E-state index contributed by atoms with van der Waals surface area (Å²) in [5, 5.41) is 6.42. The van der Waals surface area contributed by atoms with Crippen molar-refractivity contribution in [1.82, 2.24) is 0 Å². The molecule has 1 aromatic carbocycles. The zero-order valence-corrected chi connectivity index (χ0v) is 10.7. The van der Waals surface area contributed by atoms with Crippen molar-refractivity contribution in [3.8, 4) is 0 Å². The maximum absolute atomic E-state index is 11.3. The Morgan fingerprint density at radius 1 is 1.33 bits per heavy atom. The van der Waals surface area contributed by atoms with Crippen LogP contribution in [0.1, 0.15) is 38.2 Å². The van der Waals surface area contributed by atoms with E-state index in [1.807, 2.05) is 6.07 Å². The second kappa shape index (κ2) is 3.90. The summed E-state index contributed by atoms with van der Waals surface area (Å²) in [6.07, 6.45) is 5.03. The van der Waals surface area contributed by atoms with Gasteiger partial charge in [0.1, 0.15) is 0 Å². The van der Waals surface area contributed by atoms with Crippen LogP contribution in [0, 0.1) is 0 Å². The minimum Gasteiger partial charge on any atom is -0.397 e. The Morgan fingerprint density at radius 3 is 2.78 bits per heavy atom. The molecule has 3 rings (SSSR count). The van der Waals surface area contributed by atoms with Crippen LogP contribution in [0.15, 0.2) is 12.1 Å². The Balaban J connectivity index is 1.89. The summed E-state index contributed by atoms with van der Waals surface area (Å²) in [5.41, 5.74) is 10.0. The number of benzene rings is 1. The van der Waals surface area contributed by atoms with Gasteiger partial charge in [-0.1, -0.05) is 0 Å². The smallest absolute Gasteiger partial charge is 0.224 e. The number of nitrogen functional groups attached to an aromatic ring is 1. The topological polar surface area (TPSA) is 67.2 Å². The lowest BCUT2D eigenvalue weighted by Gasteiger charge is -2.40. The molecule has 4 nitrogen and oxygen atoms in total. The first-order valence-electron chi connectivity index (χ1n) is 6.56. The van der Waals surface area contributed by atoms with Crippen LogP contribution >= 0.6 is 0 Å². The van der Waals surface area contributed by atoms with Crippen molar-refractivity contribution >= 4 is 23.0 Å². The third-order valence-corrected chi connectivity index (χ3v) is 4.06. The standard InChI is InChI=1S/C14H19N3O/c1-14(5-2-6-14)17-12-7-9-3-4-13(18)16-11(9)8-10(12)15/h7-8,17H,2-6,15H2,1H3,(H,16,18). The van der Waals surface area contributed by atoms with Crippen molar-refractivity contribution in [2.75, 3.05) is 16.4 Å². The van der Waals surface area contributed by atoms with Crippen molar-refractivity contribution in [1.29, 1.82) is 0 Å². The van der Waals surface area contributed by atoms with Crippen molar-refractivity contribution < 1.29 is 4.79 Å². The van der Waals surface area contributed by atoms with Gasteiger partial charge in [0.2, 0.25) is 5.91 Å². The SMILES string of the molecule is CC1(Nc2cc3c(cc2N)NC(=O)CC3)CCC1. The van der Waals surface area contributed by atoms with Gasteiger partial charge in [0, 0.05) is 17.6 Å². The summed E-state index contributed by atoms with van der Waals surface area (Å²) in [6.45, 7) is 2.23. The van der Waals surface area contributed by atoms with Gasteiger partial charge in [0.15, 0.2) is 0 Å². The summed E-state index contributed by atoms with van der Waals surface area (Å²) in [5.74, 6) is 0.0774. The van der Waals surface area contributed by atoms with Crippen LogP contribution in [0.25, 0.3) is 0 Å². The predicted molar refractivity (Wildman–Crippen MR) is 73.7 cm³/mol. The number of amides is 1. The van der Waals surface area contributed by atoms with E-state index in [0.717, 1.165) is 17.8 Å². The molecule has 1 saturated carbocycles. The molecular formula is C14H19N3O. The van der Waals surface area contributed by atoms with Crippen LogP contribution in [0.2, 0.25) is 0 Å². The minimum atomic E-state index is 0.0774. The van der Waals surface area contributed by atoms with Gasteiger partial charge in [0.05, 0.1) is 11.4 Å². The number of nitrogens with two attached hydrogens (primary N) is 1. The molecule has 0 atom stereocenters. The molecule has 0 aromatic heterocycles. The second-order valence-electron chi connectivity index (χ2n) is 5.68. The van der Waals surface area contributed by atoms with Gasteiger partial charge < -0.3 is 16.4 Å². The third-order valence-electron chi connectivity index (χ3n) is 4.06. The van der Waals surface area contributed by atoms with Crippen LogP contribution in [0.5, 0.6) is 0 Å². The Bertz CT molecular complexity index is 506. The number of hydrogen-bond donors (Lipinski definition) is 3. The number of anilines is 3. The van der Waals surface area contributed by atoms with E-state index >= 15 is 0 Å². The fraction of sp³-hybridized carbons (Fsp3) is 0.500. The number of carbonyl (C=O) groups excluding carboxylic acids is 1. The lowest BCUT2D eigenvalue weighted by Crippen LogP contribution is -2.41. The summed E-state index contributed by atoms with van der Waals surface area (Å²) in [6, 6.07) is 3.96. The molecule has 1 amide bonds. The zero-order chi connectivity index (χ0) is 12.8. The lowest BCUT2D eigenvalue weighted by atomic mass is 9.78. The van der Waals surface area contributed by atoms with Crippen molar-refractivity contribution in [2.45, 2.75) is 44.6 Å². The number of hydrogen-bond acceptors (Lipinski definition) is 3. The molecule has 0 radical (unpaired) electrons. The van der Waals surface area contributed by atoms with Crippen LogP contribution in [-0.4, -0.2) is 11.4 Å². The van der Waals surface area contributed by atoms with Crippen LogP contribution in [0.3, 0.4) is 0 Å². The van der Waals surface area contributed by atoms with Gasteiger partial charge >= 0.3 is 0 Å². The molecule has 96 valence electrons. The van der Waals surface area contributed by atoms with E-state index in [0.29, 0.717) is 12.1 Å². The fourth-order valence-electron chi connectivity index (χ4n) is 2.71. The Labute approximate surface area is 107 Å². The van der Waals surface area contributed by atoms with Gasteiger partial charge in [-0.3, -0.25) is 4.79 Å². The first-order chi connectivity index (χ1) is 8.56. The highest BCUT2D eigenvalue weighted by molar-refractivity contribution is 5.95. The number of carbonyl (C=O) groups is 1. The highest BCUT2D eigenvalue weighted by Gasteiger charge is 2.32. The lowest BCUT2D eigenvalue weighted by molar-refractivity contribution is -0.116. The van der Waals surface area contributed by atoms with E-state index in [-0.39, 0.29) is 11.4 Å². The van der Waals surface area contributed by atoms with E-state index < -0.39 is 0 Å². The molecule has 1 heterocycles. The summed E-state index contributed by atoms with van der Waals surface area (Å²) in [7, 11) is 0. The van der Waals surface area contributed by atoms with Crippen molar-refractivity contribution in [3.05, 3.63) is 17.7 Å². The Morgan fingerprint density at radius 2 is 2.11 bits per heavy atom. The number of rotatable bonds is 2. The summed E-state index contributed by atoms with van der Waals surface area (Å²) < 4.78 is 0. The minimum absolute atomic E-state index is 0.0774. The monoisotopic (exact) mass is 245 g/mol. The fourth-order valence-corrected chi connectivity index (χ4v) is 2.71. The van der Waals surface area contributed by atoms with E-state index in [2.05, 4.69) is 23.6 Å². The van der Waals surface area contributed by atoms with Crippen LogP contribution in [-0.2, 0) is 11.2 Å². The molecule has 4 N–H and O–H groups in total. The molecule has 0 spiro atoms. The maximum Gasteiger partial charge on any atom is 0.224 e. The molecule has 1 fully saturated rings. The molecule has 0 unspecified atom stereocenters. The van der Waals surface area contributed by atoms with Gasteiger partial charge in [-0.2, -0.15) is 0 Å². The Hall–Kier alpha value is -1.71. The van der Waals surface area contributed by atoms with Crippen LogP contribution in [0.4, 0.5) is 17.1 Å².